The smallest absolute Gasteiger partial charge is 0.326 e. The van der Waals surface area contributed by atoms with Gasteiger partial charge in [0.25, 0.3) is 0 Å². The summed E-state index contributed by atoms with van der Waals surface area (Å²) < 4.78 is 5.00. The van der Waals surface area contributed by atoms with Gasteiger partial charge in [0.2, 0.25) is 0 Å². The van der Waals surface area contributed by atoms with Gasteiger partial charge in [-0.25, -0.2) is 0 Å². The first-order valence-corrected chi connectivity index (χ1v) is 7.19. The maximum absolute atomic E-state index is 12.0. The number of methoxy groups -OCH3 is 1. The third kappa shape index (κ3) is 2.54. The summed E-state index contributed by atoms with van der Waals surface area (Å²) in [7, 11) is 1.49. The Hall–Kier alpha value is -0.610. The van der Waals surface area contributed by atoms with Crippen LogP contribution in [-0.4, -0.2) is 49.2 Å². The number of esters is 1. The van der Waals surface area contributed by atoms with Crippen molar-refractivity contribution in [3.8, 4) is 0 Å². The fourth-order valence-corrected chi connectivity index (χ4v) is 3.58. The monoisotopic (exact) mass is 254 g/mol. The summed E-state index contributed by atoms with van der Waals surface area (Å²) in [6, 6.07) is 0.549. The van der Waals surface area contributed by atoms with E-state index in [2.05, 4.69) is 24.1 Å². The van der Waals surface area contributed by atoms with Crippen LogP contribution in [0.4, 0.5) is 0 Å². The van der Waals surface area contributed by atoms with Gasteiger partial charge in [0.05, 0.1) is 7.11 Å². The molecule has 0 amide bonds. The van der Waals surface area contributed by atoms with E-state index < -0.39 is 5.54 Å². The van der Waals surface area contributed by atoms with Crippen molar-refractivity contribution >= 4 is 5.97 Å². The van der Waals surface area contributed by atoms with Crippen LogP contribution < -0.4 is 5.32 Å². The Labute approximate surface area is 110 Å². The topological polar surface area (TPSA) is 41.6 Å². The van der Waals surface area contributed by atoms with E-state index in [-0.39, 0.29) is 5.97 Å². The Kier molecular flexibility index (Phi) is 4.28. The number of nitrogens with one attached hydrogen (secondary N) is 1. The van der Waals surface area contributed by atoms with Crippen molar-refractivity contribution in [1.82, 2.24) is 10.2 Å². The molecule has 18 heavy (non-hydrogen) atoms. The molecule has 104 valence electrons. The van der Waals surface area contributed by atoms with E-state index in [9.17, 15) is 4.79 Å². The lowest BCUT2D eigenvalue weighted by Crippen LogP contribution is -2.51. The van der Waals surface area contributed by atoms with Crippen molar-refractivity contribution in [1.29, 1.82) is 0 Å². The fourth-order valence-electron chi connectivity index (χ4n) is 3.58. The van der Waals surface area contributed by atoms with Crippen LogP contribution in [0.25, 0.3) is 0 Å². The molecule has 1 aliphatic carbocycles. The molecule has 3 unspecified atom stereocenters. The van der Waals surface area contributed by atoms with E-state index in [4.69, 9.17) is 4.74 Å². The summed E-state index contributed by atoms with van der Waals surface area (Å²) in [5, 5.41) is 3.37. The van der Waals surface area contributed by atoms with Crippen LogP contribution in [0.2, 0.25) is 0 Å². The van der Waals surface area contributed by atoms with E-state index in [0.717, 1.165) is 31.7 Å². The second kappa shape index (κ2) is 5.57. The van der Waals surface area contributed by atoms with Crippen molar-refractivity contribution in [2.75, 3.05) is 26.7 Å². The van der Waals surface area contributed by atoms with Gasteiger partial charge in [0.15, 0.2) is 0 Å². The minimum absolute atomic E-state index is 0.0842. The van der Waals surface area contributed by atoms with Crippen molar-refractivity contribution in [3.63, 3.8) is 0 Å². The molecular weight excluding hydrogens is 228 g/mol. The predicted octanol–water partition coefficient (Wildman–Crippen LogP) is 1.40. The van der Waals surface area contributed by atoms with Crippen LogP contribution in [0.5, 0.6) is 0 Å². The van der Waals surface area contributed by atoms with Gasteiger partial charge in [-0.15, -0.1) is 0 Å². The van der Waals surface area contributed by atoms with E-state index in [0.29, 0.717) is 6.04 Å². The fraction of sp³-hybridized carbons (Fsp3) is 0.929. The van der Waals surface area contributed by atoms with E-state index >= 15 is 0 Å². The predicted molar refractivity (Wildman–Crippen MR) is 71.4 cm³/mol. The van der Waals surface area contributed by atoms with Crippen LogP contribution in [0.15, 0.2) is 0 Å². The molecule has 0 aromatic carbocycles. The van der Waals surface area contributed by atoms with E-state index in [1.165, 1.54) is 26.6 Å². The zero-order chi connectivity index (χ0) is 13.2. The largest absolute Gasteiger partial charge is 0.468 e. The molecule has 0 aromatic rings. The molecule has 0 radical (unpaired) electrons. The van der Waals surface area contributed by atoms with Gasteiger partial charge in [-0.1, -0.05) is 13.8 Å². The summed E-state index contributed by atoms with van der Waals surface area (Å²) in [4.78, 5) is 14.6. The summed E-state index contributed by atoms with van der Waals surface area (Å²) in [6.45, 7) is 7.56. The Morgan fingerprint density at radius 1 is 1.50 bits per heavy atom. The summed E-state index contributed by atoms with van der Waals surface area (Å²) in [5.41, 5.74) is -0.431. The SMILES string of the molecule is CCNC1(C(=O)OC)CCC(N2CCC(C)C2)C1. The lowest BCUT2D eigenvalue weighted by Gasteiger charge is -2.29. The number of ether oxygens (including phenoxy) is 1. The molecule has 3 atom stereocenters. The van der Waals surface area contributed by atoms with Crippen LogP contribution in [0.1, 0.15) is 39.5 Å². The lowest BCUT2D eigenvalue weighted by molar-refractivity contribution is -0.148. The Morgan fingerprint density at radius 2 is 2.28 bits per heavy atom. The molecule has 1 saturated carbocycles. The highest BCUT2D eigenvalue weighted by Crippen LogP contribution is 2.36. The number of likely N-dealkylation sites (N-methyl/N-ethyl adjacent to an activating group) is 1. The van der Waals surface area contributed by atoms with Crippen molar-refractivity contribution in [2.45, 2.75) is 51.1 Å². The van der Waals surface area contributed by atoms with Crippen LogP contribution in [0.3, 0.4) is 0 Å². The van der Waals surface area contributed by atoms with Gasteiger partial charge in [-0.3, -0.25) is 4.79 Å². The number of carbonyl (C=O) groups excluding carboxylic acids is 1. The molecule has 4 heteroatoms. The molecule has 1 saturated heterocycles. The van der Waals surface area contributed by atoms with Crippen LogP contribution in [-0.2, 0) is 9.53 Å². The molecular formula is C14H26N2O2. The standard InChI is InChI=1S/C14H26N2O2/c1-4-15-14(13(17)18-3)7-5-12(9-14)16-8-6-11(2)10-16/h11-12,15H,4-10H2,1-3H3. The van der Waals surface area contributed by atoms with Crippen molar-refractivity contribution < 1.29 is 9.53 Å². The molecule has 2 rings (SSSR count). The second-order valence-corrected chi connectivity index (χ2v) is 5.89. The Morgan fingerprint density at radius 3 is 2.83 bits per heavy atom. The second-order valence-electron chi connectivity index (χ2n) is 5.89. The van der Waals surface area contributed by atoms with Crippen LogP contribution in [0, 0.1) is 5.92 Å². The molecule has 1 heterocycles. The highest BCUT2D eigenvalue weighted by molar-refractivity contribution is 5.81. The van der Waals surface area contributed by atoms with E-state index in [1.807, 2.05) is 0 Å². The number of hydrogen-bond acceptors (Lipinski definition) is 4. The quantitative estimate of drug-likeness (QED) is 0.770. The molecule has 1 N–H and O–H groups in total. The zero-order valence-corrected chi connectivity index (χ0v) is 11.9. The first kappa shape index (κ1) is 13.8. The van der Waals surface area contributed by atoms with Crippen LogP contribution >= 0.6 is 0 Å². The normalized spacial score (nSPS) is 37.1. The van der Waals surface area contributed by atoms with Gasteiger partial charge >= 0.3 is 5.97 Å². The Bertz CT molecular complexity index is 308. The minimum Gasteiger partial charge on any atom is -0.468 e. The average Bonchev–Trinajstić information content (AvgIpc) is 2.96. The molecule has 2 aliphatic rings. The molecule has 0 aromatic heterocycles. The average molecular weight is 254 g/mol. The van der Waals surface area contributed by atoms with E-state index in [1.54, 1.807) is 0 Å². The molecule has 1 aliphatic heterocycles. The summed E-state index contributed by atoms with van der Waals surface area (Å²) >= 11 is 0. The maximum Gasteiger partial charge on any atom is 0.326 e. The highest BCUT2D eigenvalue weighted by Gasteiger charge is 2.47. The van der Waals surface area contributed by atoms with Gasteiger partial charge < -0.3 is 15.0 Å². The summed E-state index contributed by atoms with van der Waals surface area (Å²) in [6.07, 6.45) is 4.21. The highest BCUT2D eigenvalue weighted by atomic mass is 16.5. The first-order chi connectivity index (χ1) is 8.61. The lowest BCUT2D eigenvalue weighted by atomic mass is 9.97. The first-order valence-electron chi connectivity index (χ1n) is 7.19. The van der Waals surface area contributed by atoms with Gasteiger partial charge in [-0.2, -0.15) is 0 Å². The van der Waals surface area contributed by atoms with Gasteiger partial charge in [0.1, 0.15) is 5.54 Å². The maximum atomic E-state index is 12.0. The molecule has 2 fully saturated rings. The third-order valence-electron chi connectivity index (χ3n) is 4.55. The number of hydrogen-bond donors (Lipinski definition) is 1. The summed E-state index contributed by atoms with van der Waals surface area (Å²) in [5.74, 6) is 0.719. The third-order valence-corrected chi connectivity index (χ3v) is 4.55. The number of rotatable bonds is 4. The number of nitrogens with zero attached hydrogens (tertiary/aromatic N) is 1. The molecule has 0 bridgehead atoms. The minimum atomic E-state index is -0.431. The molecule has 0 spiro atoms. The zero-order valence-electron chi connectivity index (χ0n) is 11.9. The van der Waals surface area contributed by atoms with Crippen molar-refractivity contribution in [3.05, 3.63) is 0 Å². The van der Waals surface area contributed by atoms with Gasteiger partial charge in [-0.05, 0) is 44.7 Å². The number of likely N-dealkylation sites (tertiary alicyclic amines) is 1. The van der Waals surface area contributed by atoms with Gasteiger partial charge in [0, 0.05) is 12.6 Å². The Balaban J connectivity index is 2.01. The number of carbonyl (C=O) groups is 1. The molecule has 4 nitrogen and oxygen atoms in total. The van der Waals surface area contributed by atoms with Crippen molar-refractivity contribution in [2.24, 2.45) is 5.92 Å².